The van der Waals surface area contributed by atoms with Crippen molar-refractivity contribution in [3.63, 3.8) is 0 Å². The SMILES string of the molecule is CCOC(C1CC1)C(COC)NC. The van der Waals surface area contributed by atoms with Gasteiger partial charge in [0.05, 0.1) is 18.8 Å². The molecule has 3 heteroatoms. The summed E-state index contributed by atoms with van der Waals surface area (Å²) < 4.78 is 10.9. The molecule has 1 aliphatic rings. The second kappa shape index (κ2) is 5.58. The molecule has 1 rings (SSSR count). The largest absolute Gasteiger partial charge is 0.383 e. The van der Waals surface area contributed by atoms with Crippen molar-refractivity contribution in [2.75, 3.05) is 27.4 Å². The summed E-state index contributed by atoms with van der Waals surface area (Å²) in [6.07, 6.45) is 2.97. The van der Waals surface area contributed by atoms with E-state index >= 15 is 0 Å². The van der Waals surface area contributed by atoms with Gasteiger partial charge in [0.25, 0.3) is 0 Å². The Hall–Kier alpha value is -0.120. The van der Waals surface area contributed by atoms with E-state index in [9.17, 15) is 0 Å². The van der Waals surface area contributed by atoms with E-state index in [0.717, 1.165) is 19.1 Å². The van der Waals surface area contributed by atoms with Crippen LogP contribution in [0.25, 0.3) is 0 Å². The Kier molecular flexibility index (Phi) is 4.70. The molecule has 0 spiro atoms. The van der Waals surface area contributed by atoms with Crippen LogP contribution >= 0.6 is 0 Å². The summed E-state index contributed by atoms with van der Waals surface area (Å²) in [6.45, 7) is 3.58. The van der Waals surface area contributed by atoms with Crippen molar-refractivity contribution in [1.29, 1.82) is 0 Å². The van der Waals surface area contributed by atoms with Gasteiger partial charge in [0, 0.05) is 13.7 Å². The van der Waals surface area contributed by atoms with E-state index in [-0.39, 0.29) is 0 Å². The minimum Gasteiger partial charge on any atom is -0.383 e. The van der Waals surface area contributed by atoms with Crippen molar-refractivity contribution in [3.05, 3.63) is 0 Å². The predicted octanol–water partition coefficient (Wildman–Crippen LogP) is 1.04. The molecule has 0 bridgehead atoms. The first-order valence-corrected chi connectivity index (χ1v) is 5.11. The summed E-state index contributed by atoms with van der Waals surface area (Å²) in [4.78, 5) is 0. The molecule has 13 heavy (non-hydrogen) atoms. The minimum absolute atomic E-state index is 0.343. The normalized spacial score (nSPS) is 21.5. The van der Waals surface area contributed by atoms with E-state index in [2.05, 4.69) is 12.2 Å². The second-order valence-corrected chi connectivity index (χ2v) is 3.61. The van der Waals surface area contributed by atoms with E-state index < -0.39 is 0 Å². The first-order chi connectivity index (χ1) is 6.33. The van der Waals surface area contributed by atoms with E-state index in [0.29, 0.717) is 12.1 Å². The van der Waals surface area contributed by atoms with Gasteiger partial charge in [-0.3, -0.25) is 0 Å². The molecule has 0 heterocycles. The van der Waals surface area contributed by atoms with Crippen molar-refractivity contribution >= 4 is 0 Å². The lowest BCUT2D eigenvalue weighted by Gasteiger charge is -2.26. The van der Waals surface area contributed by atoms with E-state index in [1.807, 2.05) is 7.05 Å². The van der Waals surface area contributed by atoms with Crippen LogP contribution in [0.1, 0.15) is 19.8 Å². The lowest BCUT2D eigenvalue weighted by molar-refractivity contribution is -0.00118. The van der Waals surface area contributed by atoms with Gasteiger partial charge in [0.2, 0.25) is 0 Å². The number of methoxy groups -OCH3 is 1. The molecule has 78 valence electrons. The van der Waals surface area contributed by atoms with Gasteiger partial charge >= 0.3 is 0 Å². The van der Waals surface area contributed by atoms with Crippen LogP contribution in [0.2, 0.25) is 0 Å². The number of ether oxygens (including phenoxy) is 2. The number of hydrogen-bond acceptors (Lipinski definition) is 3. The van der Waals surface area contributed by atoms with E-state index in [1.54, 1.807) is 7.11 Å². The van der Waals surface area contributed by atoms with Gasteiger partial charge in [0.15, 0.2) is 0 Å². The maximum absolute atomic E-state index is 5.73. The Balaban J connectivity index is 2.38. The molecular formula is C10H21NO2. The lowest BCUT2D eigenvalue weighted by Crippen LogP contribution is -2.44. The highest BCUT2D eigenvalue weighted by atomic mass is 16.5. The van der Waals surface area contributed by atoms with Crippen LogP contribution in [0, 0.1) is 5.92 Å². The molecular weight excluding hydrogens is 166 g/mol. The van der Waals surface area contributed by atoms with Crippen molar-refractivity contribution in [1.82, 2.24) is 5.32 Å². The van der Waals surface area contributed by atoms with Gasteiger partial charge in [0.1, 0.15) is 0 Å². The molecule has 0 saturated heterocycles. The number of hydrogen-bond donors (Lipinski definition) is 1. The molecule has 0 amide bonds. The summed E-state index contributed by atoms with van der Waals surface area (Å²) in [5.74, 6) is 0.757. The van der Waals surface area contributed by atoms with Crippen LogP contribution < -0.4 is 5.32 Å². The summed E-state index contributed by atoms with van der Waals surface area (Å²) >= 11 is 0. The summed E-state index contributed by atoms with van der Waals surface area (Å²) in [7, 11) is 3.71. The van der Waals surface area contributed by atoms with E-state index in [4.69, 9.17) is 9.47 Å². The molecule has 1 aliphatic carbocycles. The van der Waals surface area contributed by atoms with E-state index in [1.165, 1.54) is 12.8 Å². The zero-order chi connectivity index (χ0) is 9.68. The van der Waals surface area contributed by atoms with Crippen molar-refractivity contribution < 1.29 is 9.47 Å². The maximum atomic E-state index is 5.73. The zero-order valence-electron chi connectivity index (χ0n) is 8.88. The predicted molar refractivity (Wildman–Crippen MR) is 52.9 cm³/mol. The standard InChI is InChI=1S/C10H21NO2/c1-4-13-10(8-5-6-8)9(11-2)7-12-3/h8-11H,4-7H2,1-3H3. The molecule has 0 aromatic heterocycles. The molecule has 0 aromatic rings. The lowest BCUT2D eigenvalue weighted by atomic mass is 10.1. The van der Waals surface area contributed by atoms with Gasteiger partial charge in [-0.2, -0.15) is 0 Å². The smallest absolute Gasteiger partial charge is 0.0778 e. The monoisotopic (exact) mass is 187 g/mol. The highest BCUT2D eigenvalue weighted by Gasteiger charge is 2.36. The number of rotatable bonds is 7. The summed E-state index contributed by atoms with van der Waals surface area (Å²) in [5, 5.41) is 3.26. The third-order valence-corrected chi connectivity index (χ3v) is 2.56. The Morgan fingerprint density at radius 2 is 2.15 bits per heavy atom. The van der Waals surface area contributed by atoms with Gasteiger partial charge in [-0.15, -0.1) is 0 Å². The third-order valence-electron chi connectivity index (χ3n) is 2.56. The summed E-state index contributed by atoms with van der Waals surface area (Å²) in [6, 6.07) is 0.345. The molecule has 0 radical (unpaired) electrons. The quantitative estimate of drug-likeness (QED) is 0.646. The molecule has 2 atom stereocenters. The Morgan fingerprint density at radius 3 is 2.54 bits per heavy atom. The fraction of sp³-hybridized carbons (Fsp3) is 1.00. The van der Waals surface area contributed by atoms with Gasteiger partial charge < -0.3 is 14.8 Å². The van der Waals surface area contributed by atoms with Crippen LogP contribution in [-0.2, 0) is 9.47 Å². The number of likely N-dealkylation sites (N-methyl/N-ethyl adjacent to an activating group) is 1. The highest BCUT2D eigenvalue weighted by Crippen LogP contribution is 2.35. The van der Waals surface area contributed by atoms with Crippen LogP contribution in [-0.4, -0.2) is 39.5 Å². The molecule has 0 aromatic carbocycles. The first-order valence-electron chi connectivity index (χ1n) is 5.11. The maximum Gasteiger partial charge on any atom is 0.0778 e. The van der Waals surface area contributed by atoms with Gasteiger partial charge in [-0.1, -0.05) is 0 Å². The Morgan fingerprint density at radius 1 is 1.46 bits per heavy atom. The van der Waals surface area contributed by atoms with Crippen molar-refractivity contribution in [3.8, 4) is 0 Å². The van der Waals surface area contributed by atoms with Crippen LogP contribution in [0.5, 0.6) is 0 Å². The fourth-order valence-corrected chi connectivity index (χ4v) is 1.72. The Labute approximate surface area is 80.8 Å². The van der Waals surface area contributed by atoms with Crippen molar-refractivity contribution in [2.45, 2.75) is 31.9 Å². The topological polar surface area (TPSA) is 30.5 Å². The second-order valence-electron chi connectivity index (χ2n) is 3.61. The molecule has 1 saturated carbocycles. The average Bonchev–Trinajstić information content (AvgIpc) is 2.94. The molecule has 1 N–H and O–H groups in total. The molecule has 3 nitrogen and oxygen atoms in total. The minimum atomic E-state index is 0.343. The number of nitrogens with one attached hydrogen (secondary N) is 1. The van der Waals surface area contributed by atoms with Crippen molar-refractivity contribution in [2.24, 2.45) is 5.92 Å². The third kappa shape index (κ3) is 3.25. The first kappa shape index (κ1) is 11.0. The van der Waals surface area contributed by atoms with Crippen LogP contribution in [0.3, 0.4) is 0 Å². The molecule has 0 aliphatic heterocycles. The van der Waals surface area contributed by atoms with Crippen LogP contribution in [0.4, 0.5) is 0 Å². The molecule has 1 fully saturated rings. The summed E-state index contributed by atoms with van der Waals surface area (Å²) in [5.41, 5.74) is 0. The van der Waals surface area contributed by atoms with Crippen LogP contribution in [0.15, 0.2) is 0 Å². The molecule has 2 unspecified atom stereocenters. The van der Waals surface area contributed by atoms with Gasteiger partial charge in [-0.25, -0.2) is 0 Å². The Bertz CT molecular complexity index is 137. The fourth-order valence-electron chi connectivity index (χ4n) is 1.72. The zero-order valence-corrected chi connectivity index (χ0v) is 8.88. The highest BCUT2D eigenvalue weighted by molar-refractivity contribution is 4.89. The average molecular weight is 187 g/mol. The van der Waals surface area contributed by atoms with Gasteiger partial charge in [-0.05, 0) is 32.7 Å².